The van der Waals surface area contributed by atoms with Gasteiger partial charge in [-0.05, 0) is 39.0 Å². The molecule has 4 aliphatic rings. The maximum atomic E-state index is 13.0. The van der Waals surface area contributed by atoms with Gasteiger partial charge in [-0.15, -0.1) is 0 Å². The minimum atomic E-state index is -0.0559. The van der Waals surface area contributed by atoms with Crippen LogP contribution in [0.25, 0.3) is 0 Å². The predicted octanol–water partition coefficient (Wildman–Crippen LogP) is 3.21. The van der Waals surface area contributed by atoms with E-state index in [4.69, 9.17) is 4.52 Å². The van der Waals surface area contributed by atoms with Crippen molar-refractivity contribution in [2.45, 2.75) is 77.8 Å². The Morgan fingerprint density at radius 1 is 1.15 bits per heavy atom. The number of carbonyl (C=O) groups is 2. The number of hydrogen-bond donors (Lipinski definition) is 0. The molecule has 2 bridgehead atoms. The normalized spacial score (nSPS) is 26.1. The molecule has 1 aliphatic carbocycles. The van der Waals surface area contributed by atoms with E-state index in [1.807, 2.05) is 23.6 Å². The second-order valence-electron chi connectivity index (χ2n) is 8.68. The molecule has 4 fully saturated rings. The summed E-state index contributed by atoms with van der Waals surface area (Å²) in [5.41, 5.74) is 1.86. The number of aromatic nitrogens is 1. The maximum Gasteiger partial charge on any atom is 0.228 e. The lowest BCUT2D eigenvalue weighted by molar-refractivity contribution is -0.140. The SMILES string of the molecule is Cc1noc(C)c1CN1C(=O)[C@H]2CC[C@@H]1CN(C(=O)CCC1CCCC1)C2. The topological polar surface area (TPSA) is 66.7 Å². The van der Waals surface area contributed by atoms with Crippen LogP contribution in [0.4, 0.5) is 0 Å². The molecule has 1 saturated carbocycles. The smallest absolute Gasteiger partial charge is 0.228 e. The third-order valence-electron chi connectivity index (χ3n) is 6.90. The van der Waals surface area contributed by atoms with Crippen molar-refractivity contribution in [3.63, 3.8) is 0 Å². The predicted molar refractivity (Wildman–Crippen MR) is 101 cm³/mol. The van der Waals surface area contributed by atoms with Gasteiger partial charge in [0.05, 0.1) is 18.2 Å². The molecule has 0 radical (unpaired) electrons. The molecule has 1 aromatic rings. The first-order chi connectivity index (χ1) is 13.0. The molecule has 5 rings (SSSR count). The fourth-order valence-corrected chi connectivity index (χ4v) is 5.13. The van der Waals surface area contributed by atoms with E-state index in [-0.39, 0.29) is 23.8 Å². The van der Waals surface area contributed by atoms with Crippen LogP contribution in [0.3, 0.4) is 0 Å². The number of nitrogens with zero attached hydrogens (tertiary/aromatic N) is 3. The van der Waals surface area contributed by atoms with Crippen molar-refractivity contribution in [3.05, 3.63) is 17.0 Å². The standard InChI is InChI=1S/C21H31N3O3/c1-14-19(15(2)27-22-14)13-24-18-9-8-17(21(24)26)11-23(12-18)20(25)10-7-16-5-3-4-6-16/h16-18H,3-13H2,1-2H3/t17-,18+/m0/s1. The van der Waals surface area contributed by atoms with Crippen molar-refractivity contribution < 1.29 is 14.1 Å². The van der Waals surface area contributed by atoms with Gasteiger partial charge >= 0.3 is 0 Å². The second kappa shape index (κ2) is 7.64. The minimum Gasteiger partial charge on any atom is -0.361 e. The third-order valence-corrected chi connectivity index (χ3v) is 6.90. The van der Waals surface area contributed by atoms with Crippen LogP contribution < -0.4 is 0 Å². The summed E-state index contributed by atoms with van der Waals surface area (Å²) in [5, 5.41) is 4.02. The van der Waals surface area contributed by atoms with Crippen molar-refractivity contribution in [3.8, 4) is 0 Å². The lowest BCUT2D eigenvalue weighted by Gasteiger charge is -2.35. The molecule has 4 heterocycles. The summed E-state index contributed by atoms with van der Waals surface area (Å²) >= 11 is 0. The molecular weight excluding hydrogens is 342 g/mol. The van der Waals surface area contributed by atoms with Crippen LogP contribution in [0, 0.1) is 25.7 Å². The van der Waals surface area contributed by atoms with Crippen LogP contribution in [0.1, 0.15) is 68.4 Å². The van der Waals surface area contributed by atoms with Gasteiger partial charge in [0.25, 0.3) is 0 Å². The van der Waals surface area contributed by atoms with E-state index in [0.717, 1.165) is 42.2 Å². The molecule has 2 amide bonds. The van der Waals surface area contributed by atoms with Crippen LogP contribution in [0.5, 0.6) is 0 Å². The number of amides is 2. The number of carbonyl (C=O) groups excluding carboxylic acids is 2. The average Bonchev–Trinajstić information content (AvgIpc) is 3.18. The summed E-state index contributed by atoms with van der Waals surface area (Å²) in [7, 11) is 0. The average molecular weight is 373 g/mol. The highest BCUT2D eigenvalue weighted by Gasteiger charge is 2.42. The first-order valence-electron chi connectivity index (χ1n) is 10.5. The zero-order chi connectivity index (χ0) is 19.0. The molecule has 0 N–H and O–H groups in total. The van der Waals surface area contributed by atoms with Crippen LogP contribution in [-0.2, 0) is 16.1 Å². The van der Waals surface area contributed by atoms with Gasteiger partial charge in [0.1, 0.15) is 5.76 Å². The third kappa shape index (κ3) is 3.76. The molecule has 6 nitrogen and oxygen atoms in total. The van der Waals surface area contributed by atoms with Gasteiger partial charge in [-0.3, -0.25) is 9.59 Å². The molecule has 0 spiro atoms. The molecule has 0 unspecified atom stereocenters. The number of piperidine rings is 1. The Hall–Kier alpha value is -1.85. The Bertz CT molecular complexity index is 688. The fourth-order valence-electron chi connectivity index (χ4n) is 5.13. The molecule has 148 valence electrons. The molecule has 6 heteroatoms. The molecule has 1 aromatic heterocycles. The molecule has 27 heavy (non-hydrogen) atoms. The van der Waals surface area contributed by atoms with E-state index in [9.17, 15) is 9.59 Å². The van der Waals surface area contributed by atoms with Crippen LogP contribution in [-0.4, -0.2) is 45.9 Å². The Morgan fingerprint density at radius 3 is 2.63 bits per heavy atom. The van der Waals surface area contributed by atoms with Gasteiger partial charge in [0, 0.05) is 31.1 Å². The quantitative estimate of drug-likeness (QED) is 0.795. The zero-order valence-corrected chi connectivity index (χ0v) is 16.6. The number of hydrogen-bond acceptors (Lipinski definition) is 4. The Morgan fingerprint density at radius 2 is 1.93 bits per heavy atom. The first-order valence-corrected chi connectivity index (χ1v) is 10.5. The van der Waals surface area contributed by atoms with Crippen molar-refractivity contribution in [2.24, 2.45) is 11.8 Å². The van der Waals surface area contributed by atoms with Crippen LogP contribution in [0.2, 0.25) is 0 Å². The van der Waals surface area contributed by atoms with Crippen LogP contribution >= 0.6 is 0 Å². The van der Waals surface area contributed by atoms with Gasteiger partial charge in [0.2, 0.25) is 11.8 Å². The maximum absolute atomic E-state index is 13.0. The zero-order valence-electron chi connectivity index (χ0n) is 16.6. The summed E-state index contributed by atoms with van der Waals surface area (Å²) < 4.78 is 5.27. The second-order valence-corrected chi connectivity index (χ2v) is 8.68. The van der Waals surface area contributed by atoms with Gasteiger partial charge < -0.3 is 14.3 Å². The van der Waals surface area contributed by atoms with Gasteiger partial charge in [-0.2, -0.15) is 0 Å². The van der Waals surface area contributed by atoms with E-state index in [1.165, 1.54) is 25.7 Å². The van der Waals surface area contributed by atoms with Crippen molar-refractivity contribution in [1.82, 2.24) is 15.0 Å². The summed E-state index contributed by atoms with van der Waals surface area (Å²) in [6.07, 6.45) is 8.73. The van der Waals surface area contributed by atoms with E-state index in [1.54, 1.807) is 0 Å². The summed E-state index contributed by atoms with van der Waals surface area (Å²) in [6.45, 7) is 5.64. The lowest BCUT2D eigenvalue weighted by atomic mass is 9.93. The Balaban J connectivity index is 1.43. The van der Waals surface area contributed by atoms with Crippen molar-refractivity contribution in [2.75, 3.05) is 13.1 Å². The van der Waals surface area contributed by atoms with E-state index >= 15 is 0 Å². The molecule has 3 saturated heterocycles. The highest BCUT2D eigenvalue weighted by Crippen LogP contribution is 2.33. The number of fused-ring (bicyclic) bond motifs is 4. The summed E-state index contributed by atoms with van der Waals surface area (Å²) in [6, 6.07) is 0.111. The number of aryl methyl sites for hydroxylation is 2. The van der Waals surface area contributed by atoms with E-state index in [0.29, 0.717) is 26.1 Å². The monoisotopic (exact) mass is 373 g/mol. The van der Waals surface area contributed by atoms with Crippen molar-refractivity contribution in [1.29, 1.82) is 0 Å². The largest absolute Gasteiger partial charge is 0.361 e. The molecule has 3 aliphatic heterocycles. The van der Waals surface area contributed by atoms with Crippen molar-refractivity contribution >= 4 is 11.8 Å². The Kier molecular flexibility index (Phi) is 5.24. The highest BCUT2D eigenvalue weighted by atomic mass is 16.5. The van der Waals surface area contributed by atoms with Crippen LogP contribution in [0.15, 0.2) is 4.52 Å². The summed E-state index contributed by atoms with van der Waals surface area (Å²) in [4.78, 5) is 29.8. The molecular formula is C21H31N3O3. The fraction of sp³-hybridized carbons (Fsp3) is 0.762. The van der Waals surface area contributed by atoms with Gasteiger partial charge in [-0.1, -0.05) is 30.8 Å². The minimum absolute atomic E-state index is 0.0559. The van der Waals surface area contributed by atoms with E-state index in [2.05, 4.69) is 5.16 Å². The Labute approximate surface area is 161 Å². The molecule has 0 aromatic carbocycles. The highest BCUT2D eigenvalue weighted by molar-refractivity contribution is 5.83. The molecule has 2 atom stereocenters. The van der Waals surface area contributed by atoms with Gasteiger partial charge in [-0.25, -0.2) is 0 Å². The first kappa shape index (κ1) is 18.5. The van der Waals surface area contributed by atoms with Gasteiger partial charge in [0.15, 0.2) is 0 Å². The lowest BCUT2D eigenvalue weighted by Crippen LogP contribution is -2.47. The van der Waals surface area contributed by atoms with E-state index < -0.39 is 0 Å². The number of rotatable bonds is 5. The summed E-state index contributed by atoms with van der Waals surface area (Å²) in [5.74, 6) is 1.89.